The maximum atomic E-state index is 12.5. The first-order chi connectivity index (χ1) is 14.6. The molecule has 1 aliphatic rings. The van der Waals surface area contributed by atoms with Gasteiger partial charge in [0.15, 0.2) is 11.5 Å². The smallest absolute Gasteiger partial charge is 0.291 e. The van der Waals surface area contributed by atoms with Crippen LogP contribution in [0.15, 0.2) is 53.1 Å². The summed E-state index contributed by atoms with van der Waals surface area (Å²) in [6.07, 6.45) is 5.42. The number of hydrogen-bond acceptors (Lipinski definition) is 5. The van der Waals surface area contributed by atoms with Crippen LogP contribution in [0.25, 0.3) is 0 Å². The largest absolute Gasteiger partial charge is 0.455 e. The van der Waals surface area contributed by atoms with E-state index in [4.69, 9.17) is 4.42 Å². The van der Waals surface area contributed by atoms with Gasteiger partial charge in [0.1, 0.15) is 5.76 Å². The van der Waals surface area contributed by atoms with Crippen LogP contribution in [0.1, 0.15) is 46.1 Å². The molecule has 3 aromatic rings. The number of rotatable bonds is 6. The quantitative estimate of drug-likeness (QED) is 0.652. The molecule has 0 atom stereocenters. The number of likely N-dealkylation sites (tertiary alicyclic amines) is 1. The number of piperidine rings is 1. The Labute approximate surface area is 174 Å². The molecule has 1 aliphatic heterocycles. The Morgan fingerprint density at radius 3 is 2.23 bits per heavy atom. The Kier molecular flexibility index (Phi) is 5.94. The summed E-state index contributed by atoms with van der Waals surface area (Å²) < 4.78 is 7.30. The molecule has 1 aromatic carbocycles. The topological polar surface area (TPSA) is 92.4 Å². The Morgan fingerprint density at radius 1 is 0.933 bits per heavy atom. The molecule has 156 valence electrons. The van der Waals surface area contributed by atoms with Crippen molar-refractivity contribution in [2.45, 2.75) is 25.8 Å². The lowest BCUT2D eigenvalue weighted by Crippen LogP contribution is -2.28. The summed E-state index contributed by atoms with van der Waals surface area (Å²) >= 11 is 0. The number of amides is 2. The second-order valence-electron chi connectivity index (χ2n) is 7.46. The minimum Gasteiger partial charge on any atom is -0.455 e. The number of carbonyl (C=O) groups is 2. The zero-order chi connectivity index (χ0) is 20.9. The van der Waals surface area contributed by atoms with Crippen molar-refractivity contribution in [3.05, 3.63) is 65.9 Å². The monoisotopic (exact) mass is 407 g/mol. The standard InChI is InChI=1S/C22H25N5O3/c1-26-14-11-19(25-26)21(28)23-16-5-7-17(8-6-16)24-22(29)20-10-9-18(30-20)15-27-12-3-2-4-13-27/h5-11,14H,2-4,12-13,15H2,1H3,(H,23,28)(H,24,29). The molecular weight excluding hydrogens is 382 g/mol. The van der Waals surface area contributed by atoms with Crippen LogP contribution in [-0.4, -0.2) is 39.6 Å². The third-order valence-corrected chi connectivity index (χ3v) is 5.06. The van der Waals surface area contributed by atoms with Gasteiger partial charge in [-0.3, -0.25) is 19.2 Å². The van der Waals surface area contributed by atoms with Crippen molar-refractivity contribution in [2.75, 3.05) is 23.7 Å². The number of nitrogens with one attached hydrogen (secondary N) is 2. The molecule has 0 bridgehead atoms. The average molecular weight is 407 g/mol. The summed E-state index contributed by atoms with van der Waals surface area (Å²) in [5, 5.41) is 9.66. The Balaban J connectivity index is 1.31. The van der Waals surface area contributed by atoms with Gasteiger partial charge in [0.25, 0.3) is 11.8 Å². The van der Waals surface area contributed by atoms with Gasteiger partial charge in [0.05, 0.1) is 6.54 Å². The Bertz CT molecular complexity index is 1020. The van der Waals surface area contributed by atoms with Crippen LogP contribution in [0.2, 0.25) is 0 Å². The number of anilines is 2. The SMILES string of the molecule is Cn1ccc(C(=O)Nc2ccc(NC(=O)c3ccc(CN4CCCCC4)o3)cc2)n1. The van der Waals surface area contributed by atoms with E-state index >= 15 is 0 Å². The number of hydrogen-bond donors (Lipinski definition) is 2. The summed E-state index contributed by atoms with van der Waals surface area (Å²) in [5.74, 6) is 0.499. The highest BCUT2D eigenvalue weighted by molar-refractivity contribution is 6.04. The highest BCUT2D eigenvalue weighted by Crippen LogP contribution is 2.18. The van der Waals surface area contributed by atoms with Gasteiger partial charge in [-0.2, -0.15) is 5.10 Å². The highest BCUT2D eigenvalue weighted by atomic mass is 16.4. The fraction of sp³-hybridized carbons (Fsp3) is 0.318. The molecule has 2 N–H and O–H groups in total. The molecule has 1 fully saturated rings. The second kappa shape index (κ2) is 8.96. The zero-order valence-electron chi connectivity index (χ0n) is 16.9. The van der Waals surface area contributed by atoms with Crippen LogP contribution in [0.5, 0.6) is 0 Å². The first-order valence-electron chi connectivity index (χ1n) is 10.1. The normalized spacial score (nSPS) is 14.4. The molecule has 0 spiro atoms. The van der Waals surface area contributed by atoms with Crippen molar-refractivity contribution in [3.8, 4) is 0 Å². The second-order valence-corrected chi connectivity index (χ2v) is 7.46. The number of aromatic nitrogens is 2. The Hall–Kier alpha value is -3.39. The molecule has 4 rings (SSSR count). The van der Waals surface area contributed by atoms with Gasteiger partial charge in [-0.25, -0.2) is 0 Å². The Morgan fingerprint density at radius 2 is 1.60 bits per heavy atom. The summed E-state index contributed by atoms with van der Waals surface area (Å²) in [7, 11) is 1.75. The minimum absolute atomic E-state index is 0.287. The van der Waals surface area contributed by atoms with Crippen molar-refractivity contribution in [1.29, 1.82) is 0 Å². The summed E-state index contributed by atoms with van der Waals surface area (Å²) in [6, 6.07) is 12.1. The number of benzene rings is 1. The van der Waals surface area contributed by atoms with E-state index in [-0.39, 0.29) is 17.6 Å². The molecule has 0 saturated carbocycles. The van der Waals surface area contributed by atoms with Crippen molar-refractivity contribution < 1.29 is 14.0 Å². The van der Waals surface area contributed by atoms with E-state index < -0.39 is 0 Å². The lowest BCUT2D eigenvalue weighted by Gasteiger charge is -2.25. The van der Waals surface area contributed by atoms with E-state index in [0.717, 1.165) is 25.4 Å². The first-order valence-corrected chi connectivity index (χ1v) is 10.1. The number of aryl methyl sites for hydroxylation is 1. The lowest BCUT2D eigenvalue weighted by atomic mass is 10.1. The predicted octanol–water partition coefficient (Wildman–Crippen LogP) is 3.50. The van der Waals surface area contributed by atoms with E-state index in [9.17, 15) is 9.59 Å². The van der Waals surface area contributed by atoms with Crippen molar-refractivity contribution in [3.63, 3.8) is 0 Å². The average Bonchev–Trinajstić information content (AvgIpc) is 3.39. The van der Waals surface area contributed by atoms with Crippen molar-refractivity contribution >= 4 is 23.2 Å². The molecule has 8 heteroatoms. The molecule has 0 aliphatic carbocycles. The third kappa shape index (κ3) is 4.96. The van der Waals surface area contributed by atoms with E-state index in [1.54, 1.807) is 54.3 Å². The summed E-state index contributed by atoms with van der Waals surface area (Å²) in [6.45, 7) is 2.88. The maximum absolute atomic E-state index is 12.5. The maximum Gasteiger partial charge on any atom is 0.291 e. The fourth-order valence-electron chi connectivity index (χ4n) is 3.48. The molecule has 30 heavy (non-hydrogen) atoms. The molecule has 8 nitrogen and oxygen atoms in total. The minimum atomic E-state index is -0.301. The number of nitrogens with zero attached hydrogens (tertiary/aromatic N) is 3. The van der Waals surface area contributed by atoms with Gasteiger partial charge in [-0.05, 0) is 68.4 Å². The zero-order valence-corrected chi connectivity index (χ0v) is 16.9. The number of carbonyl (C=O) groups excluding carboxylic acids is 2. The van der Waals surface area contributed by atoms with E-state index in [0.29, 0.717) is 17.1 Å². The molecule has 0 radical (unpaired) electrons. The lowest BCUT2D eigenvalue weighted by molar-refractivity contribution is 0.0990. The van der Waals surface area contributed by atoms with Crippen LogP contribution < -0.4 is 10.6 Å². The van der Waals surface area contributed by atoms with Crippen LogP contribution in [-0.2, 0) is 13.6 Å². The van der Waals surface area contributed by atoms with Crippen LogP contribution in [0.4, 0.5) is 11.4 Å². The van der Waals surface area contributed by atoms with Gasteiger partial charge in [0.2, 0.25) is 0 Å². The predicted molar refractivity (Wildman–Crippen MR) is 113 cm³/mol. The first kappa shape index (κ1) is 19.9. The van der Waals surface area contributed by atoms with Crippen LogP contribution in [0, 0.1) is 0 Å². The molecule has 3 heterocycles. The molecule has 2 aromatic heterocycles. The van der Waals surface area contributed by atoms with Crippen molar-refractivity contribution in [2.24, 2.45) is 7.05 Å². The summed E-state index contributed by atoms with van der Waals surface area (Å²) in [5.41, 5.74) is 1.57. The van der Waals surface area contributed by atoms with E-state index in [1.165, 1.54) is 19.3 Å². The highest BCUT2D eigenvalue weighted by Gasteiger charge is 2.16. The van der Waals surface area contributed by atoms with Gasteiger partial charge in [-0.1, -0.05) is 6.42 Å². The fourth-order valence-corrected chi connectivity index (χ4v) is 3.48. The molecule has 0 unspecified atom stereocenters. The number of furan rings is 1. The third-order valence-electron chi connectivity index (χ3n) is 5.06. The van der Waals surface area contributed by atoms with Gasteiger partial charge in [0, 0.05) is 24.6 Å². The van der Waals surface area contributed by atoms with Gasteiger partial charge >= 0.3 is 0 Å². The summed E-state index contributed by atoms with van der Waals surface area (Å²) in [4.78, 5) is 27.0. The molecule has 1 saturated heterocycles. The molecule has 2 amide bonds. The van der Waals surface area contributed by atoms with Crippen LogP contribution >= 0.6 is 0 Å². The van der Waals surface area contributed by atoms with E-state index in [2.05, 4.69) is 20.6 Å². The van der Waals surface area contributed by atoms with Gasteiger partial charge < -0.3 is 15.1 Å². The van der Waals surface area contributed by atoms with Crippen LogP contribution in [0.3, 0.4) is 0 Å². The van der Waals surface area contributed by atoms with Gasteiger partial charge in [-0.15, -0.1) is 0 Å². The van der Waals surface area contributed by atoms with Crippen molar-refractivity contribution in [1.82, 2.24) is 14.7 Å². The van der Waals surface area contributed by atoms with E-state index in [1.807, 2.05) is 6.07 Å². The molecular formula is C22H25N5O3.